The highest BCUT2D eigenvalue weighted by molar-refractivity contribution is 4.85. The summed E-state index contributed by atoms with van der Waals surface area (Å²) in [7, 11) is 0. The summed E-state index contributed by atoms with van der Waals surface area (Å²) in [4.78, 5) is 6.73. The van der Waals surface area contributed by atoms with Crippen LogP contribution < -0.4 is 0 Å². The van der Waals surface area contributed by atoms with Gasteiger partial charge in [-0.25, -0.2) is 9.67 Å². The molecule has 0 aliphatic carbocycles. The fraction of sp³-hybridized carbons (Fsp3) is 0.846. The number of likely N-dealkylation sites (N-methyl/N-ethyl adjacent to an activating group) is 1. The maximum atomic E-state index is 5.80. The number of aromatic nitrogens is 3. The smallest absolute Gasteiger partial charge is 0.140 e. The van der Waals surface area contributed by atoms with Crippen molar-refractivity contribution in [2.45, 2.75) is 52.3 Å². The van der Waals surface area contributed by atoms with Gasteiger partial charge >= 0.3 is 0 Å². The van der Waals surface area contributed by atoms with Crippen molar-refractivity contribution in [1.29, 1.82) is 0 Å². The van der Waals surface area contributed by atoms with Crippen LogP contribution in [0.15, 0.2) is 6.33 Å². The van der Waals surface area contributed by atoms with Crippen molar-refractivity contribution >= 4 is 0 Å². The number of hydrogen-bond donors (Lipinski definition) is 0. The van der Waals surface area contributed by atoms with E-state index in [4.69, 9.17) is 4.74 Å². The van der Waals surface area contributed by atoms with E-state index in [-0.39, 0.29) is 0 Å². The largest absolute Gasteiger partial charge is 0.377 e. The van der Waals surface area contributed by atoms with E-state index in [0.29, 0.717) is 6.10 Å². The first-order valence-electron chi connectivity index (χ1n) is 7.04. The fourth-order valence-electron chi connectivity index (χ4n) is 2.42. The van der Waals surface area contributed by atoms with Crippen molar-refractivity contribution in [2.24, 2.45) is 0 Å². The predicted molar refractivity (Wildman–Crippen MR) is 70.2 cm³/mol. The molecular weight excluding hydrogens is 228 g/mol. The van der Waals surface area contributed by atoms with Crippen LogP contribution in [-0.4, -0.2) is 45.5 Å². The van der Waals surface area contributed by atoms with Crippen molar-refractivity contribution in [1.82, 2.24) is 19.7 Å². The molecule has 1 aliphatic heterocycles. The Bertz CT molecular complexity index is 347. The summed E-state index contributed by atoms with van der Waals surface area (Å²) < 4.78 is 7.76. The standard InChI is InChI=1S/C13H24N4O/c1-3-16(9-12-7-5-6-8-18-12)10-13-14-11-15-17(13)4-2/h11-12H,3-10H2,1-2H3/t12-/m0/s1. The van der Waals surface area contributed by atoms with Gasteiger partial charge in [0.25, 0.3) is 0 Å². The molecule has 5 nitrogen and oxygen atoms in total. The molecule has 18 heavy (non-hydrogen) atoms. The Morgan fingerprint density at radius 2 is 2.33 bits per heavy atom. The second-order valence-electron chi connectivity index (χ2n) is 4.81. The molecule has 1 aliphatic rings. The molecular formula is C13H24N4O. The van der Waals surface area contributed by atoms with Gasteiger partial charge < -0.3 is 4.74 Å². The van der Waals surface area contributed by atoms with Crippen LogP contribution in [0.4, 0.5) is 0 Å². The van der Waals surface area contributed by atoms with E-state index >= 15 is 0 Å². The van der Waals surface area contributed by atoms with E-state index in [2.05, 4.69) is 28.8 Å². The highest BCUT2D eigenvalue weighted by Crippen LogP contribution is 2.14. The lowest BCUT2D eigenvalue weighted by atomic mass is 10.1. The molecule has 0 saturated carbocycles. The zero-order chi connectivity index (χ0) is 12.8. The fourth-order valence-corrected chi connectivity index (χ4v) is 2.42. The highest BCUT2D eigenvalue weighted by Gasteiger charge is 2.18. The highest BCUT2D eigenvalue weighted by atomic mass is 16.5. The molecule has 0 aromatic carbocycles. The maximum Gasteiger partial charge on any atom is 0.140 e. The Labute approximate surface area is 109 Å². The van der Waals surface area contributed by atoms with Crippen LogP contribution in [0.3, 0.4) is 0 Å². The molecule has 5 heteroatoms. The molecule has 0 spiro atoms. The molecule has 0 unspecified atom stereocenters. The number of nitrogens with zero attached hydrogens (tertiary/aromatic N) is 4. The normalized spacial score (nSPS) is 20.5. The van der Waals surface area contributed by atoms with Gasteiger partial charge in [-0.2, -0.15) is 5.10 Å². The minimum absolute atomic E-state index is 0.400. The van der Waals surface area contributed by atoms with Gasteiger partial charge in [0.05, 0.1) is 12.6 Å². The van der Waals surface area contributed by atoms with Crippen molar-refractivity contribution in [2.75, 3.05) is 19.7 Å². The Kier molecular flexibility index (Phi) is 5.13. The van der Waals surface area contributed by atoms with Crippen LogP contribution in [0.1, 0.15) is 38.9 Å². The van der Waals surface area contributed by atoms with Crippen LogP contribution in [0.25, 0.3) is 0 Å². The van der Waals surface area contributed by atoms with Gasteiger partial charge in [-0.1, -0.05) is 6.92 Å². The predicted octanol–water partition coefficient (Wildman–Crippen LogP) is 1.69. The van der Waals surface area contributed by atoms with Gasteiger partial charge in [-0.05, 0) is 32.7 Å². The quantitative estimate of drug-likeness (QED) is 0.772. The number of aryl methyl sites for hydroxylation is 1. The first kappa shape index (κ1) is 13.5. The molecule has 2 heterocycles. The molecule has 2 rings (SSSR count). The zero-order valence-corrected chi connectivity index (χ0v) is 11.5. The first-order valence-corrected chi connectivity index (χ1v) is 7.04. The zero-order valence-electron chi connectivity index (χ0n) is 11.5. The second-order valence-corrected chi connectivity index (χ2v) is 4.81. The third-order valence-electron chi connectivity index (χ3n) is 3.54. The Balaban J connectivity index is 1.88. The van der Waals surface area contributed by atoms with Crippen molar-refractivity contribution in [3.63, 3.8) is 0 Å². The van der Waals surface area contributed by atoms with Gasteiger partial charge in [0.2, 0.25) is 0 Å². The lowest BCUT2D eigenvalue weighted by molar-refractivity contribution is -0.00680. The van der Waals surface area contributed by atoms with Gasteiger partial charge in [0.1, 0.15) is 12.2 Å². The minimum Gasteiger partial charge on any atom is -0.377 e. The van der Waals surface area contributed by atoms with Crippen LogP contribution in [-0.2, 0) is 17.8 Å². The molecule has 0 amide bonds. The number of rotatable bonds is 6. The van der Waals surface area contributed by atoms with Gasteiger partial charge in [0.15, 0.2) is 0 Å². The van der Waals surface area contributed by atoms with Crippen LogP contribution >= 0.6 is 0 Å². The van der Waals surface area contributed by atoms with E-state index in [1.165, 1.54) is 19.3 Å². The molecule has 0 radical (unpaired) electrons. The third-order valence-corrected chi connectivity index (χ3v) is 3.54. The summed E-state index contributed by atoms with van der Waals surface area (Å²) in [6.07, 6.45) is 5.75. The van der Waals surface area contributed by atoms with Crippen molar-refractivity contribution in [3.8, 4) is 0 Å². The van der Waals surface area contributed by atoms with Crippen LogP contribution in [0, 0.1) is 0 Å². The van der Waals surface area contributed by atoms with E-state index in [1.807, 2.05) is 4.68 Å². The molecule has 1 atom stereocenters. The topological polar surface area (TPSA) is 43.2 Å². The summed E-state index contributed by atoms with van der Waals surface area (Å²) in [5.41, 5.74) is 0. The molecule has 0 bridgehead atoms. The van der Waals surface area contributed by atoms with E-state index in [1.54, 1.807) is 6.33 Å². The first-order chi connectivity index (χ1) is 8.83. The lowest BCUT2D eigenvalue weighted by Gasteiger charge is -2.28. The van der Waals surface area contributed by atoms with E-state index < -0.39 is 0 Å². The Morgan fingerprint density at radius 3 is 3.00 bits per heavy atom. The molecule has 0 N–H and O–H groups in total. The van der Waals surface area contributed by atoms with Crippen molar-refractivity contribution < 1.29 is 4.74 Å². The van der Waals surface area contributed by atoms with Crippen LogP contribution in [0.2, 0.25) is 0 Å². The Morgan fingerprint density at radius 1 is 1.44 bits per heavy atom. The molecule has 102 valence electrons. The average Bonchev–Trinajstić information content (AvgIpc) is 2.86. The van der Waals surface area contributed by atoms with E-state index in [0.717, 1.165) is 38.6 Å². The maximum absolute atomic E-state index is 5.80. The number of ether oxygens (including phenoxy) is 1. The van der Waals surface area contributed by atoms with Gasteiger partial charge in [-0.3, -0.25) is 4.90 Å². The van der Waals surface area contributed by atoms with Gasteiger partial charge in [-0.15, -0.1) is 0 Å². The molecule has 1 fully saturated rings. The minimum atomic E-state index is 0.400. The monoisotopic (exact) mass is 252 g/mol. The summed E-state index contributed by atoms with van der Waals surface area (Å²) in [5, 5.41) is 4.22. The molecule has 1 saturated heterocycles. The van der Waals surface area contributed by atoms with Crippen LogP contribution in [0.5, 0.6) is 0 Å². The van der Waals surface area contributed by atoms with Crippen molar-refractivity contribution in [3.05, 3.63) is 12.2 Å². The third kappa shape index (κ3) is 3.53. The van der Waals surface area contributed by atoms with E-state index in [9.17, 15) is 0 Å². The summed E-state index contributed by atoms with van der Waals surface area (Å²) >= 11 is 0. The van der Waals surface area contributed by atoms with Gasteiger partial charge in [0, 0.05) is 19.7 Å². The summed E-state index contributed by atoms with van der Waals surface area (Å²) in [6.45, 7) is 8.99. The molecule has 1 aromatic rings. The summed E-state index contributed by atoms with van der Waals surface area (Å²) in [6, 6.07) is 0. The Hall–Kier alpha value is -0.940. The number of hydrogen-bond acceptors (Lipinski definition) is 4. The summed E-state index contributed by atoms with van der Waals surface area (Å²) in [5.74, 6) is 1.05. The lowest BCUT2D eigenvalue weighted by Crippen LogP contribution is -2.36. The second kappa shape index (κ2) is 6.85. The average molecular weight is 252 g/mol. The molecule has 1 aromatic heterocycles. The SMILES string of the molecule is CCN(Cc1ncnn1CC)C[C@@H]1CCCCO1.